The van der Waals surface area contributed by atoms with Crippen LogP contribution in [0.2, 0.25) is 0 Å². The van der Waals surface area contributed by atoms with Gasteiger partial charge in [-0.2, -0.15) is 0 Å². The van der Waals surface area contributed by atoms with E-state index < -0.39 is 24.1 Å². The van der Waals surface area contributed by atoms with Gasteiger partial charge in [-0.15, -0.1) is 0 Å². The molecular formula is C14H25N5O4. The summed E-state index contributed by atoms with van der Waals surface area (Å²) in [6, 6.07) is -1.30. The molecule has 1 saturated heterocycles. The number of guanidine groups is 1. The van der Waals surface area contributed by atoms with Crippen LogP contribution in [-0.2, 0) is 14.4 Å². The van der Waals surface area contributed by atoms with Crippen LogP contribution in [0.25, 0.3) is 0 Å². The Morgan fingerprint density at radius 2 is 2.22 bits per heavy atom. The van der Waals surface area contributed by atoms with Crippen molar-refractivity contribution in [2.45, 2.75) is 50.8 Å². The number of aliphatic hydroxyl groups excluding tert-OH is 1. The molecular weight excluding hydrogens is 302 g/mol. The number of amides is 2. The second-order valence-corrected chi connectivity index (χ2v) is 5.60. The van der Waals surface area contributed by atoms with E-state index >= 15 is 0 Å². The number of hydrogen-bond donors (Lipinski definition) is 5. The van der Waals surface area contributed by atoms with Crippen LogP contribution in [-0.4, -0.2) is 65.3 Å². The van der Waals surface area contributed by atoms with Gasteiger partial charge in [0, 0.05) is 13.1 Å². The Labute approximate surface area is 135 Å². The van der Waals surface area contributed by atoms with Crippen molar-refractivity contribution in [2.24, 2.45) is 5.73 Å². The van der Waals surface area contributed by atoms with Crippen molar-refractivity contribution in [3.63, 3.8) is 0 Å². The Bertz CT molecular complexity index is 454. The summed E-state index contributed by atoms with van der Waals surface area (Å²) in [6.45, 7) is 2.23. The van der Waals surface area contributed by atoms with E-state index in [4.69, 9.17) is 11.1 Å². The second kappa shape index (κ2) is 9.09. The molecule has 9 nitrogen and oxygen atoms in total. The van der Waals surface area contributed by atoms with Crippen LogP contribution in [0.15, 0.2) is 0 Å². The summed E-state index contributed by atoms with van der Waals surface area (Å²) in [4.78, 5) is 36.6. The van der Waals surface area contributed by atoms with Gasteiger partial charge >= 0.3 is 0 Å². The van der Waals surface area contributed by atoms with Crippen LogP contribution in [0, 0.1) is 5.41 Å². The predicted molar refractivity (Wildman–Crippen MR) is 83.6 cm³/mol. The maximum Gasteiger partial charge on any atom is 0.251 e. The second-order valence-electron chi connectivity index (χ2n) is 5.60. The van der Waals surface area contributed by atoms with Gasteiger partial charge in [0.15, 0.2) is 5.96 Å². The Morgan fingerprint density at radius 3 is 2.78 bits per heavy atom. The minimum Gasteiger partial charge on any atom is -0.384 e. The molecule has 130 valence electrons. The van der Waals surface area contributed by atoms with Gasteiger partial charge in [0.2, 0.25) is 5.91 Å². The SMILES string of the molecule is CC(O)C(=O)N1CCC[C@H]1C(=O)NC(C=O)CCCNC(=N)N. The number of nitrogens with zero attached hydrogens (tertiary/aromatic N) is 1. The monoisotopic (exact) mass is 327 g/mol. The Morgan fingerprint density at radius 1 is 1.52 bits per heavy atom. The Kier molecular flexibility index (Phi) is 7.46. The molecule has 1 rings (SSSR count). The first-order valence-electron chi connectivity index (χ1n) is 7.69. The number of carbonyl (C=O) groups excluding carboxylic acids is 3. The predicted octanol–water partition coefficient (Wildman–Crippen LogP) is -1.69. The molecule has 0 aliphatic carbocycles. The van der Waals surface area contributed by atoms with E-state index in [1.807, 2.05) is 0 Å². The van der Waals surface area contributed by atoms with E-state index in [1.165, 1.54) is 11.8 Å². The maximum absolute atomic E-state index is 12.3. The fraction of sp³-hybridized carbons (Fsp3) is 0.714. The van der Waals surface area contributed by atoms with Crippen LogP contribution in [0.4, 0.5) is 0 Å². The number of aliphatic hydroxyl groups is 1. The molecule has 2 unspecified atom stereocenters. The molecule has 1 heterocycles. The molecule has 1 fully saturated rings. The number of rotatable bonds is 8. The summed E-state index contributed by atoms with van der Waals surface area (Å²) in [6.07, 6.45) is 1.67. The summed E-state index contributed by atoms with van der Waals surface area (Å²) in [5, 5.41) is 21.6. The standard InChI is InChI=1S/C14H25N5O4/c1-9(21)13(23)19-7-3-5-11(19)12(22)18-10(8-20)4-2-6-17-14(15)16/h8-11,21H,2-7H2,1H3,(H,18,22)(H4,15,16,17)/t9?,10?,11-/m0/s1. The fourth-order valence-electron chi connectivity index (χ4n) is 2.54. The van der Waals surface area contributed by atoms with Crippen LogP contribution >= 0.6 is 0 Å². The molecule has 1 aliphatic heterocycles. The number of nitrogens with one attached hydrogen (secondary N) is 3. The minimum atomic E-state index is -1.15. The summed E-state index contributed by atoms with van der Waals surface area (Å²) in [5.41, 5.74) is 5.15. The summed E-state index contributed by atoms with van der Waals surface area (Å²) >= 11 is 0. The normalized spacial score (nSPS) is 19.7. The van der Waals surface area contributed by atoms with Crippen LogP contribution in [0.1, 0.15) is 32.6 Å². The summed E-state index contributed by atoms with van der Waals surface area (Å²) in [5.74, 6) is -1.00. The number of hydrogen-bond acceptors (Lipinski definition) is 5. The highest BCUT2D eigenvalue weighted by Crippen LogP contribution is 2.18. The average molecular weight is 327 g/mol. The molecule has 0 aromatic heterocycles. The zero-order chi connectivity index (χ0) is 17.4. The van der Waals surface area contributed by atoms with Crippen LogP contribution in [0.5, 0.6) is 0 Å². The zero-order valence-corrected chi connectivity index (χ0v) is 13.2. The molecule has 2 amide bonds. The number of nitrogens with two attached hydrogens (primary N) is 1. The van der Waals surface area contributed by atoms with Crippen molar-refractivity contribution in [2.75, 3.05) is 13.1 Å². The van der Waals surface area contributed by atoms with Gasteiger partial charge < -0.3 is 31.2 Å². The number of carbonyl (C=O) groups is 3. The summed E-state index contributed by atoms with van der Waals surface area (Å²) < 4.78 is 0. The smallest absolute Gasteiger partial charge is 0.251 e. The summed E-state index contributed by atoms with van der Waals surface area (Å²) in [7, 11) is 0. The van der Waals surface area contributed by atoms with E-state index in [0.717, 1.165) is 0 Å². The first-order valence-corrected chi connectivity index (χ1v) is 7.69. The van der Waals surface area contributed by atoms with Gasteiger partial charge in [-0.25, -0.2) is 0 Å². The Balaban J connectivity index is 2.50. The molecule has 0 aromatic rings. The molecule has 23 heavy (non-hydrogen) atoms. The van der Waals surface area contributed by atoms with Gasteiger partial charge in [0.25, 0.3) is 5.91 Å². The van der Waals surface area contributed by atoms with Gasteiger partial charge in [0.1, 0.15) is 18.4 Å². The van der Waals surface area contributed by atoms with E-state index in [0.29, 0.717) is 45.1 Å². The molecule has 0 saturated carbocycles. The molecule has 0 bridgehead atoms. The zero-order valence-electron chi connectivity index (χ0n) is 13.2. The lowest BCUT2D eigenvalue weighted by atomic mass is 10.1. The molecule has 1 aliphatic rings. The van der Waals surface area contributed by atoms with E-state index in [9.17, 15) is 19.5 Å². The first kappa shape index (κ1) is 18.9. The highest BCUT2D eigenvalue weighted by atomic mass is 16.3. The first-order chi connectivity index (χ1) is 10.9. The molecule has 6 N–H and O–H groups in total. The van der Waals surface area contributed by atoms with E-state index in [-0.39, 0.29) is 11.9 Å². The van der Waals surface area contributed by atoms with Crippen molar-refractivity contribution < 1.29 is 19.5 Å². The minimum absolute atomic E-state index is 0.144. The van der Waals surface area contributed by atoms with Crippen molar-refractivity contribution in [1.29, 1.82) is 5.41 Å². The third-order valence-corrected chi connectivity index (χ3v) is 3.70. The third-order valence-electron chi connectivity index (χ3n) is 3.70. The van der Waals surface area contributed by atoms with E-state index in [1.54, 1.807) is 0 Å². The highest BCUT2D eigenvalue weighted by molar-refractivity contribution is 5.90. The lowest BCUT2D eigenvalue weighted by molar-refractivity contribution is -0.144. The van der Waals surface area contributed by atoms with Crippen molar-refractivity contribution in [3.05, 3.63) is 0 Å². The maximum atomic E-state index is 12.3. The van der Waals surface area contributed by atoms with Gasteiger partial charge in [-0.1, -0.05) is 0 Å². The molecule has 9 heteroatoms. The van der Waals surface area contributed by atoms with Crippen molar-refractivity contribution in [3.8, 4) is 0 Å². The van der Waals surface area contributed by atoms with Crippen LogP contribution < -0.4 is 16.4 Å². The topological polar surface area (TPSA) is 149 Å². The van der Waals surface area contributed by atoms with Crippen molar-refractivity contribution >= 4 is 24.1 Å². The molecule has 3 atom stereocenters. The Hall–Kier alpha value is -2.16. The van der Waals surface area contributed by atoms with Crippen LogP contribution in [0.3, 0.4) is 0 Å². The number of likely N-dealkylation sites (tertiary alicyclic amines) is 1. The quantitative estimate of drug-likeness (QED) is 0.155. The largest absolute Gasteiger partial charge is 0.384 e. The van der Waals surface area contributed by atoms with Gasteiger partial charge in [0.05, 0.1) is 6.04 Å². The molecule has 0 radical (unpaired) electrons. The highest BCUT2D eigenvalue weighted by Gasteiger charge is 2.36. The van der Waals surface area contributed by atoms with Crippen molar-refractivity contribution in [1.82, 2.24) is 15.5 Å². The lowest BCUT2D eigenvalue weighted by Crippen LogP contribution is -2.51. The number of aldehydes is 1. The van der Waals surface area contributed by atoms with Gasteiger partial charge in [-0.3, -0.25) is 15.0 Å². The average Bonchev–Trinajstić information content (AvgIpc) is 2.98. The lowest BCUT2D eigenvalue weighted by Gasteiger charge is -2.26. The van der Waals surface area contributed by atoms with Gasteiger partial charge in [-0.05, 0) is 32.6 Å². The van der Waals surface area contributed by atoms with E-state index in [2.05, 4.69) is 10.6 Å². The fourth-order valence-corrected chi connectivity index (χ4v) is 2.54. The third kappa shape index (κ3) is 5.85. The molecule has 0 spiro atoms. The molecule has 0 aromatic carbocycles.